The Morgan fingerprint density at radius 1 is 1.41 bits per heavy atom. The zero-order valence-electron chi connectivity index (χ0n) is 8.84. The molecule has 0 radical (unpaired) electrons. The SMILES string of the molecule is O=[N+]([O-])c1ccc2oc(C3=NCCN3)cc2c1. The third kappa shape index (κ3) is 1.63. The summed E-state index contributed by atoms with van der Waals surface area (Å²) in [5, 5.41) is 14.5. The highest BCUT2D eigenvalue weighted by atomic mass is 16.6. The number of nitro groups is 1. The summed E-state index contributed by atoms with van der Waals surface area (Å²) in [5.41, 5.74) is 0.688. The molecule has 0 spiro atoms. The van der Waals surface area contributed by atoms with Gasteiger partial charge in [0.05, 0.1) is 11.5 Å². The second-order valence-corrected chi connectivity index (χ2v) is 3.75. The lowest BCUT2D eigenvalue weighted by Crippen LogP contribution is -2.18. The van der Waals surface area contributed by atoms with Gasteiger partial charge in [-0.25, -0.2) is 0 Å². The topological polar surface area (TPSA) is 80.7 Å². The molecule has 0 atom stereocenters. The zero-order valence-corrected chi connectivity index (χ0v) is 8.84. The zero-order chi connectivity index (χ0) is 11.8. The summed E-state index contributed by atoms with van der Waals surface area (Å²) >= 11 is 0. The van der Waals surface area contributed by atoms with Crippen molar-refractivity contribution in [2.45, 2.75) is 0 Å². The van der Waals surface area contributed by atoms with E-state index in [2.05, 4.69) is 10.3 Å². The minimum Gasteiger partial charge on any atom is -0.453 e. The van der Waals surface area contributed by atoms with E-state index in [9.17, 15) is 10.1 Å². The van der Waals surface area contributed by atoms with Crippen LogP contribution in [0.5, 0.6) is 0 Å². The predicted octanol–water partition coefficient (Wildman–Crippen LogP) is 1.69. The highest BCUT2D eigenvalue weighted by Crippen LogP contribution is 2.24. The van der Waals surface area contributed by atoms with E-state index in [0.29, 0.717) is 22.6 Å². The number of nitro benzene ring substituents is 1. The van der Waals surface area contributed by atoms with Crippen LogP contribution in [-0.4, -0.2) is 23.8 Å². The van der Waals surface area contributed by atoms with Gasteiger partial charge in [-0.3, -0.25) is 15.1 Å². The molecule has 0 bridgehead atoms. The highest BCUT2D eigenvalue weighted by molar-refractivity contribution is 6.00. The van der Waals surface area contributed by atoms with Gasteiger partial charge < -0.3 is 9.73 Å². The molecule has 0 unspecified atom stereocenters. The van der Waals surface area contributed by atoms with Gasteiger partial charge in [-0.1, -0.05) is 0 Å². The lowest BCUT2D eigenvalue weighted by atomic mass is 10.2. The highest BCUT2D eigenvalue weighted by Gasteiger charge is 2.15. The number of nitrogens with one attached hydrogen (secondary N) is 1. The molecule has 1 aromatic carbocycles. The fourth-order valence-corrected chi connectivity index (χ4v) is 1.82. The summed E-state index contributed by atoms with van der Waals surface area (Å²) in [5.74, 6) is 1.34. The van der Waals surface area contributed by atoms with Gasteiger partial charge in [-0.15, -0.1) is 0 Å². The van der Waals surface area contributed by atoms with Crippen molar-refractivity contribution in [3.05, 3.63) is 40.1 Å². The molecule has 0 saturated carbocycles. The number of hydrogen-bond donors (Lipinski definition) is 1. The Kier molecular flexibility index (Phi) is 2.07. The molecule has 6 heteroatoms. The Morgan fingerprint density at radius 3 is 3.00 bits per heavy atom. The Balaban J connectivity index is 2.09. The number of nitrogens with zero attached hydrogens (tertiary/aromatic N) is 2. The molecule has 0 saturated heterocycles. The predicted molar refractivity (Wildman–Crippen MR) is 62.3 cm³/mol. The van der Waals surface area contributed by atoms with Crippen LogP contribution in [0.25, 0.3) is 11.0 Å². The first-order valence-corrected chi connectivity index (χ1v) is 5.21. The maximum Gasteiger partial charge on any atom is 0.270 e. The van der Waals surface area contributed by atoms with Crippen molar-refractivity contribution < 1.29 is 9.34 Å². The van der Waals surface area contributed by atoms with E-state index in [-0.39, 0.29) is 5.69 Å². The second-order valence-electron chi connectivity index (χ2n) is 3.75. The van der Waals surface area contributed by atoms with Crippen LogP contribution in [0.15, 0.2) is 33.7 Å². The normalized spacial score (nSPS) is 14.7. The maximum absolute atomic E-state index is 10.6. The molecule has 1 aliphatic heterocycles. The molecule has 17 heavy (non-hydrogen) atoms. The number of rotatable bonds is 2. The van der Waals surface area contributed by atoms with E-state index >= 15 is 0 Å². The fourth-order valence-electron chi connectivity index (χ4n) is 1.82. The molecule has 1 N–H and O–H groups in total. The number of hydrogen-bond acceptors (Lipinski definition) is 5. The number of non-ortho nitro benzene ring substituents is 1. The van der Waals surface area contributed by atoms with Gasteiger partial charge in [0.2, 0.25) is 0 Å². The number of amidine groups is 1. The summed E-state index contributed by atoms with van der Waals surface area (Å²) in [4.78, 5) is 14.5. The van der Waals surface area contributed by atoms with Crippen LogP contribution in [0.3, 0.4) is 0 Å². The summed E-state index contributed by atoms with van der Waals surface area (Å²) in [6, 6.07) is 6.29. The first-order chi connectivity index (χ1) is 8.24. The Hall–Kier alpha value is -2.37. The van der Waals surface area contributed by atoms with Crippen molar-refractivity contribution in [2.75, 3.05) is 13.1 Å². The molecule has 2 aromatic rings. The van der Waals surface area contributed by atoms with Gasteiger partial charge in [-0.2, -0.15) is 0 Å². The van der Waals surface area contributed by atoms with Gasteiger partial charge in [0.1, 0.15) is 5.58 Å². The molecule has 0 aliphatic carbocycles. The fraction of sp³-hybridized carbons (Fsp3) is 0.182. The first kappa shape index (κ1) is 9.83. The average Bonchev–Trinajstić information content (AvgIpc) is 2.96. The summed E-state index contributed by atoms with van der Waals surface area (Å²) in [6.45, 7) is 1.53. The molecule has 0 amide bonds. The Morgan fingerprint density at radius 2 is 2.29 bits per heavy atom. The Labute approximate surface area is 96.1 Å². The number of furan rings is 1. The number of benzene rings is 1. The summed E-state index contributed by atoms with van der Waals surface area (Å²) < 4.78 is 5.57. The van der Waals surface area contributed by atoms with Crippen LogP contribution >= 0.6 is 0 Å². The number of fused-ring (bicyclic) bond motifs is 1. The molecule has 6 nitrogen and oxygen atoms in total. The molecule has 1 aromatic heterocycles. The minimum absolute atomic E-state index is 0.0613. The van der Waals surface area contributed by atoms with E-state index in [1.165, 1.54) is 12.1 Å². The van der Waals surface area contributed by atoms with Gasteiger partial charge in [0.25, 0.3) is 5.69 Å². The lowest BCUT2D eigenvalue weighted by molar-refractivity contribution is -0.384. The van der Waals surface area contributed by atoms with Gasteiger partial charge >= 0.3 is 0 Å². The van der Waals surface area contributed by atoms with Crippen LogP contribution < -0.4 is 5.32 Å². The largest absolute Gasteiger partial charge is 0.453 e. The van der Waals surface area contributed by atoms with Crippen molar-refractivity contribution in [2.24, 2.45) is 4.99 Å². The average molecular weight is 231 g/mol. The van der Waals surface area contributed by atoms with Crippen molar-refractivity contribution >= 4 is 22.5 Å². The van der Waals surface area contributed by atoms with Crippen molar-refractivity contribution in [3.8, 4) is 0 Å². The maximum atomic E-state index is 10.6. The van der Waals surface area contributed by atoms with Crippen LogP contribution in [0.1, 0.15) is 5.76 Å². The molecule has 3 rings (SSSR count). The van der Waals surface area contributed by atoms with Crippen LogP contribution in [-0.2, 0) is 0 Å². The van der Waals surface area contributed by atoms with E-state index < -0.39 is 4.92 Å². The quantitative estimate of drug-likeness (QED) is 0.630. The smallest absolute Gasteiger partial charge is 0.270 e. The van der Waals surface area contributed by atoms with Gasteiger partial charge in [0.15, 0.2) is 11.6 Å². The second kappa shape index (κ2) is 3.58. The first-order valence-electron chi connectivity index (χ1n) is 5.21. The molecule has 1 aliphatic rings. The molecule has 86 valence electrons. The molecular formula is C11H9N3O3. The van der Waals surface area contributed by atoms with Crippen molar-refractivity contribution in [1.82, 2.24) is 5.32 Å². The van der Waals surface area contributed by atoms with Crippen molar-refractivity contribution in [3.63, 3.8) is 0 Å². The third-order valence-corrected chi connectivity index (χ3v) is 2.62. The van der Waals surface area contributed by atoms with Gasteiger partial charge in [0, 0.05) is 24.1 Å². The lowest BCUT2D eigenvalue weighted by Gasteiger charge is -1.94. The van der Waals surface area contributed by atoms with E-state index in [4.69, 9.17) is 4.42 Å². The minimum atomic E-state index is -0.419. The van der Waals surface area contributed by atoms with Crippen LogP contribution in [0.4, 0.5) is 5.69 Å². The summed E-state index contributed by atoms with van der Waals surface area (Å²) in [6.07, 6.45) is 0. The molecule has 0 fully saturated rings. The summed E-state index contributed by atoms with van der Waals surface area (Å²) in [7, 11) is 0. The van der Waals surface area contributed by atoms with Crippen molar-refractivity contribution in [1.29, 1.82) is 0 Å². The third-order valence-electron chi connectivity index (χ3n) is 2.62. The molecular weight excluding hydrogens is 222 g/mol. The van der Waals surface area contributed by atoms with E-state index in [1.54, 1.807) is 12.1 Å². The van der Waals surface area contributed by atoms with Crippen LogP contribution in [0, 0.1) is 10.1 Å². The van der Waals surface area contributed by atoms with E-state index in [1.807, 2.05) is 0 Å². The standard InChI is InChI=1S/C11H9N3O3/c15-14(16)8-1-2-9-7(5-8)6-10(17-9)11-12-3-4-13-11/h1-2,5-6H,3-4H2,(H,12,13). The molecule has 2 heterocycles. The Bertz CT molecular complexity index is 630. The van der Waals surface area contributed by atoms with Gasteiger partial charge in [-0.05, 0) is 12.1 Å². The number of aliphatic imine (C=N–C) groups is 1. The van der Waals surface area contributed by atoms with Crippen LogP contribution in [0.2, 0.25) is 0 Å². The van der Waals surface area contributed by atoms with E-state index in [0.717, 1.165) is 13.1 Å². The monoisotopic (exact) mass is 231 g/mol.